The predicted molar refractivity (Wildman–Crippen MR) is 111 cm³/mol. The molecule has 0 aromatic rings. The number of hydrogen-bond acceptors (Lipinski definition) is 4. The summed E-state index contributed by atoms with van der Waals surface area (Å²) in [5, 5.41) is 20.8. The predicted octanol–water partition coefficient (Wildman–Crippen LogP) is 5.11. The van der Waals surface area contributed by atoms with Crippen molar-refractivity contribution in [1.82, 2.24) is 0 Å². The zero-order valence-corrected chi connectivity index (χ0v) is 16.3. The molecule has 0 radical (unpaired) electrons. The van der Waals surface area contributed by atoms with Crippen molar-refractivity contribution in [3.63, 3.8) is 0 Å². The molecule has 1 N–H and O–H groups in total. The van der Waals surface area contributed by atoms with Crippen LogP contribution >= 0.6 is 0 Å². The normalized spacial score (nSPS) is 14.9. The molecule has 0 rings (SSSR count). The maximum atomic E-state index is 10.9. The van der Waals surface area contributed by atoms with Gasteiger partial charge in [0, 0.05) is 17.8 Å². The Morgan fingerprint density at radius 2 is 1.30 bits per heavy atom. The Hall–Kier alpha value is -2.27. The van der Waals surface area contributed by atoms with Gasteiger partial charge in [-0.1, -0.05) is 67.7 Å². The molecule has 2 unspecified atom stereocenters. The number of nitrogens with zero attached hydrogens (tertiary/aromatic N) is 1. The molecule has 0 heterocycles. The van der Waals surface area contributed by atoms with Crippen molar-refractivity contribution in [2.45, 2.75) is 70.4 Å². The number of aliphatic hydroxyl groups is 1. The van der Waals surface area contributed by atoms with Crippen molar-refractivity contribution in [2.24, 2.45) is 0 Å². The molecule has 5 heteroatoms. The van der Waals surface area contributed by atoms with E-state index in [1.54, 1.807) is 6.08 Å². The second kappa shape index (κ2) is 18.5. The monoisotopic (exact) mass is 375 g/mol. The van der Waals surface area contributed by atoms with Gasteiger partial charge in [0.1, 0.15) is 12.4 Å². The highest BCUT2D eigenvalue weighted by Gasteiger charge is 2.28. The Balaban J connectivity index is 3.88. The summed E-state index contributed by atoms with van der Waals surface area (Å²) in [5.74, 6) is 0. The first kappa shape index (κ1) is 24.7. The molecule has 5 nitrogen and oxygen atoms in total. The minimum absolute atomic E-state index is 0.0718. The molecule has 27 heavy (non-hydrogen) atoms. The van der Waals surface area contributed by atoms with Crippen molar-refractivity contribution < 1.29 is 14.8 Å². The maximum Gasteiger partial charge on any atom is 0.239 e. The average molecular weight is 376 g/mol. The zero-order chi connectivity index (χ0) is 20.2. The SMILES string of the molecule is CC/C=C\C/C=C\C/C=C\C/C=C\C/C=C\CC(O)C(CCC=O)[N+](=O)[O-]. The molecule has 0 saturated carbocycles. The number of carbonyl (C=O) groups excluding carboxylic acids is 1. The van der Waals surface area contributed by atoms with Gasteiger partial charge in [-0.05, 0) is 38.5 Å². The summed E-state index contributed by atoms with van der Waals surface area (Å²) in [7, 11) is 0. The molecule has 0 aliphatic carbocycles. The number of carbonyl (C=O) groups is 1. The van der Waals surface area contributed by atoms with E-state index in [-0.39, 0.29) is 19.3 Å². The molecule has 0 amide bonds. The topological polar surface area (TPSA) is 80.4 Å². The van der Waals surface area contributed by atoms with Crippen LogP contribution in [-0.4, -0.2) is 28.5 Å². The zero-order valence-electron chi connectivity index (χ0n) is 16.3. The van der Waals surface area contributed by atoms with Crippen LogP contribution in [0.4, 0.5) is 0 Å². The van der Waals surface area contributed by atoms with Gasteiger partial charge in [0.15, 0.2) is 0 Å². The standard InChI is InChI=1S/C22H33NO4/c1-2-3-4-5-6-7-8-9-10-11-12-13-14-15-16-19-22(25)21(23(26)27)18-17-20-24/h3-4,6-7,9-10,12-13,15-16,20-22,25H,2,5,8,11,14,17-19H2,1H3/b4-3-,7-6-,10-9-,13-12-,16-15-. The van der Waals surface area contributed by atoms with Gasteiger partial charge < -0.3 is 9.90 Å². The van der Waals surface area contributed by atoms with Crippen LogP contribution in [0.25, 0.3) is 0 Å². The molecule has 0 spiro atoms. The molecular weight excluding hydrogens is 342 g/mol. The van der Waals surface area contributed by atoms with Gasteiger partial charge in [-0.2, -0.15) is 0 Å². The third-order valence-corrected chi connectivity index (χ3v) is 3.83. The number of aliphatic hydroxyl groups excluding tert-OH is 1. The minimum Gasteiger partial charge on any atom is -0.386 e. The van der Waals surface area contributed by atoms with Crippen molar-refractivity contribution >= 4 is 6.29 Å². The third kappa shape index (κ3) is 15.7. The lowest BCUT2D eigenvalue weighted by Crippen LogP contribution is -2.33. The van der Waals surface area contributed by atoms with Crippen molar-refractivity contribution in [3.05, 3.63) is 70.9 Å². The largest absolute Gasteiger partial charge is 0.386 e. The summed E-state index contributed by atoms with van der Waals surface area (Å²) in [6, 6.07) is -1.09. The summed E-state index contributed by atoms with van der Waals surface area (Å²) in [5.41, 5.74) is 0. The van der Waals surface area contributed by atoms with Crippen LogP contribution < -0.4 is 0 Å². The first-order chi connectivity index (χ1) is 13.1. The lowest BCUT2D eigenvalue weighted by Gasteiger charge is -2.13. The van der Waals surface area contributed by atoms with Crippen molar-refractivity contribution in [1.29, 1.82) is 0 Å². The van der Waals surface area contributed by atoms with Crippen molar-refractivity contribution in [2.75, 3.05) is 0 Å². The van der Waals surface area contributed by atoms with E-state index >= 15 is 0 Å². The van der Waals surface area contributed by atoms with Gasteiger partial charge in [-0.15, -0.1) is 0 Å². The second-order valence-electron chi connectivity index (χ2n) is 6.11. The number of rotatable bonds is 16. The van der Waals surface area contributed by atoms with E-state index in [0.29, 0.717) is 6.29 Å². The number of allylic oxidation sites excluding steroid dienone is 9. The van der Waals surface area contributed by atoms with E-state index in [2.05, 4.69) is 49.5 Å². The van der Waals surface area contributed by atoms with Crippen LogP contribution in [0.2, 0.25) is 0 Å². The fourth-order valence-corrected chi connectivity index (χ4v) is 2.32. The van der Waals surface area contributed by atoms with Gasteiger partial charge in [0.2, 0.25) is 6.04 Å². The summed E-state index contributed by atoms with van der Waals surface area (Å²) in [6.07, 6.45) is 25.2. The Morgan fingerprint density at radius 1 is 0.852 bits per heavy atom. The first-order valence-corrected chi connectivity index (χ1v) is 9.63. The molecule has 0 saturated heterocycles. The molecular formula is C22H33NO4. The fourth-order valence-electron chi connectivity index (χ4n) is 2.32. The fraction of sp³-hybridized carbons (Fsp3) is 0.500. The van der Waals surface area contributed by atoms with Crippen LogP contribution in [0.1, 0.15) is 58.3 Å². The van der Waals surface area contributed by atoms with Crippen LogP contribution in [0.5, 0.6) is 0 Å². The molecule has 0 aromatic heterocycles. The van der Waals surface area contributed by atoms with Gasteiger partial charge in [-0.3, -0.25) is 10.1 Å². The highest BCUT2D eigenvalue weighted by molar-refractivity contribution is 5.49. The number of aldehydes is 1. The Morgan fingerprint density at radius 3 is 1.70 bits per heavy atom. The summed E-state index contributed by atoms with van der Waals surface area (Å²) >= 11 is 0. The molecule has 150 valence electrons. The van der Waals surface area contributed by atoms with Crippen molar-refractivity contribution in [3.8, 4) is 0 Å². The maximum absolute atomic E-state index is 10.9. The molecule has 0 aliphatic rings. The van der Waals surface area contributed by atoms with E-state index in [1.807, 2.05) is 12.2 Å². The highest BCUT2D eigenvalue weighted by Crippen LogP contribution is 2.10. The van der Waals surface area contributed by atoms with E-state index in [9.17, 15) is 20.0 Å². The van der Waals surface area contributed by atoms with Gasteiger partial charge in [0.05, 0.1) is 0 Å². The van der Waals surface area contributed by atoms with Gasteiger partial charge in [-0.25, -0.2) is 0 Å². The van der Waals surface area contributed by atoms with Gasteiger partial charge in [0.25, 0.3) is 0 Å². The quantitative estimate of drug-likeness (QED) is 0.176. The Bertz CT molecular complexity index is 532. The number of nitro groups is 1. The van der Waals surface area contributed by atoms with E-state index in [1.165, 1.54) is 0 Å². The molecule has 2 atom stereocenters. The summed E-state index contributed by atoms with van der Waals surface area (Å²) < 4.78 is 0. The molecule has 0 aliphatic heterocycles. The minimum atomic E-state index is -1.09. The van der Waals surface area contributed by atoms with Gasteiger partial charge >= 0.3 is 0 Å². The average Bonchev–Trinajstić information content (AvgIpc) is 2.65. The lowest BCUT2D eigenvalue weighted by atomic mass is 10.0. The molecule has 0 bridgehead atoms. The van der Waals surface area contributed by atoms with Crippen LogP contribution in [0.3, 0.4) is 0 Å². The second-order valence-corrected chi connectivity index (χ2v) is 6.11. The van der Waals surface area contributed by atoms with Crippen LogP contribution in [0, 0.1) is 10.1 Å². The van der Waals surface area contributed by atoms with E-state index in [0.717, 1.165) is 32.1 Å². The smallest absolute Gasteiger partial charge is 0.239 e. The Labute approximate surface area is 163 Å². The number of hydrogen-bond donors (Lipinski definition) is 1. The third-order valence-electron chi connectivity index (χ3n) is 3.83. The van der Waals surface area contributed by atoms with E-state index < -0.39 is 17.1 Å². The molecule has 0 aromatic carbocycles. The summed E-state index contributed by atoms with van der Waals surface area (Å²) in [4.78, 5) is 20.7. The Kier molecular flexibility index (Phi) is 17.0. The highest BCUT2D eigenvalue weighted by atomic mass is 16.6. The lowest BCUT2D eigenvalue weighted by molar-refractivity contribution is -0.534. The van der Waals surface area contributed by atoms with Crippen LogP contribution in [0.15, 0.2) is 60.8 Å². The summed E-state index contributed by atoms with van der Waals surface area (Å²) in [6.45, 7) is 2.12. The van der Waals surface area contributed by atoms with Crippen LogP contribution in [-0.2, 0) is 4.79 Å². The first-order valence-electron chi connectivity index (χ1n) is 9.63. The van der Waals surface area contributed by atoms with E-state index in [4.69, 9.17) is 0 Å². The molecule has 0 fully saturated rings.